The molecule has 6 nitrogen and oxygen atoms in total. The number of carbonyl (C=O) groups is 1. The van der Waals surface area contributed by atoms with E-state index < -0.39 is 10.0 Å². The summed E-state index contributed by atoms with van der Waals surface area (Å²) in [5.74, 6) is -0.0627. The second kappa shape index (κ2) is 6.65. The first kappa shape index (κ1) is 16.5. The highest BCUT2D eigenvalue weighted by Crippen LogP contribution is 2.23. The predicted octanol–water partition coefficient (Wildman–Crippen LogP) is 1.83. The lowest BCUT2D eigenvalue weighted by molar-refractivity contribution is 0.0714. The average molecular weight is 339 g/mol. The molecule has 3 rings (SSSR count). The largest absolute Gasteiger partial charge is 0.345 e. The van der Waals surface area contributed by atoms with Crippen molar-refractivity contribution in [1.82, 2.24) is 13.8 Å². The molecule has 23 heavy (non-hydrogen) atoms. The minimum Gasteiger partial charge on any atom is -0.345 e. The molecular weight excluding hydrogens is 314 g/mol. The molecule has 0 saturated carbocycles. The Bertz CT molecular complexity index is 669. The van der Waals surface area contributed by atoms with Gasteiger partial charge >= 0.3 is 0 Å². The zero-order valence-electron chi connectivity index (χ0n) is 13.7. The van der Waals surface area contributed by atoms with Crippen molar-refractivity contribution in [2.75, 3.05) is 26.2 Å². The zero-order chi connectivity index (χ0) is 16.4. The summed E-state index contributed by atoms with van der Waals surface area (Å²) in [5, 5.41) is 0. The van der Waals surface area contributed by atoms with Crippen LogP contribution >= 0.6 is 0 Å². The number of hydrogen-bond donors (Lipinski definition) is 0. The van der Waals surface area contributed by atoms with Crippen molar-refractivity contribution < 1.29 is 13.2 Å². The molecule has 1 aromatic rings. The third-order valence-electron chi connectivity index (χ3n) is 4.80. The van der Waals surface area contributed by atoms with Gasteiger partial charge in [-0.3, -0.25) is 4.79 Å². The molecule has 0 bridgehead atoms. The van der Waals surface area contributed by atoms with Gasteiger partial charge in [-0.2, -0.15) is 4.31 Å². The van der Waals surface area contributed by atoms with Crippen LogP contribution in [0.1, 0.15) is 49.0 Å². The summed E-state index contributed by atoms with van der Waals surface area (Å²) in [7, 11) is -1.74. The Morgan fingerprint density at radius 1 is 0.957 bits per heavy atom. The molecule has 2 aliphatic rings. The van der Waals surface area contributed by atoms with Crippen LogP contribution in [0.3, 0.4) is 0 Å². The van der Waals surface area contributed by atoms with Crippen molar-refractivity contribution in [1.29, 1.82) is 0 Å². The number of carbonyl (C=O) groups excluding carboxylic acids is 1. The molecule has 2 saturated heterocycles. The number of aromatic nitrogens is 1. The Balaban J connectivity index is 1.83. The molecule has 0 atom stereocenters. The van der Waals surface area contributed by atoms with Crippen molar-refractivity contribution in [3.63, 3.8) is 0 Å². The first-order chi connectivity index (χ1) is 11.0. The van der Waals surface area contributed by atoms with E-state index in [0.717, 1.165) is 51.6 Å². The molecule has 128 valence electrons. The molecule has 0 spiro atoms. The molecule has 0 aromatic carbocycles. The van der Waals surface area contributed by atoms with Crippen LogP contribution in [0.25, 0.3) is 0 Å². The van der Waals surface area contributed by atoms with Gasteiger partial charge in [0.2, 0.25) is 10.0 Å². The van der Waals surface area contributed by atoms with Crippen LogP contribution in [0.5, 0.6) is 0 Å². The number of aryl methyl sites for hydroxylation is 1. The molecule has 0 radical (unpaired) electrons. The maximum atomic E-state index is 12.7. The van der Waals surface area contributed by atoms with Crippen LogP contribution < -0.4 is 0 Å². The van der Waals surface area contributed by atoms with E-state index >= 15 is 0 Å². The van der Waals surface area contributed by atoms with E-state index in [1.165, 1.54) is 0 Å². The lowest BCUT2D eigenvalue weighted by Crippen LogP contribution is -2.36. The zero-order valence-corrected chi connectivity index (χ0v) is 14.5. The molecule has 0 unspecified atom stereocenters. The molecule has 7 heteroatoms. The van der Waals surface area contributed by atoms with E-state index in [0.29, 0.717) is 18.8 Å². The number of amides is 1. The fraction of sp³-hybridized carbons (Fsp3) is 0.688. The van der Waals surface area contributed by atoms with Gasteiger partial charge in [-0.25, -0.2) is 8.42 Å². The van der Waals surface area contributed by atoms with Crippen molar-refractivity contribution in [2.24, 2.45) is 7.05 Å². The summed E-state index contributed by atoms with van der Waals surface area (Å²) in [6, 6.07) is 1.54. The molecule has 0 N–H and O–H groups in total. The average Bonchev–Trinajstić information content (AvgIpc) is 2.98. The van der Waals surface area contributed by atoms with Crippen LogP contribution in [-0.2, 0) is 17.1 Å². The highest BCUT2D eigenvalue weighted by Gasteiger charge is 2.29. The van der Waals surface area contributed by atoms with Crippen LogP contribution in [0, 0.1) is 0 Å². The molecule has 1 aromatic heterocycles. The number of rotatable bonds is 3. The summed E-state index contributed by atoms with van der Waals surface area (Å²) < 4.78 is 28.7. The SMILES string of the molecule is Cn1cc(S(=O)(=O)N2CCCCC2)cc1C(=O)N1CCCCC1. The van der Waals surface area contributed by atoms with Gasteiger partial charge in [0.15, 0.2) is 0 Å². The maximum Gasteiger partial charge on any atom is 0.270 e. The number of likely N-dealkylation sites (tertiary alicyclic amines) is 1. The van der Waals surface area contributed by atoms with Crippen LogP contribution in [0.2, 0.25) is 0 Å². The standard InChI is InChI=1S/C16H25N3O3S/c1-17-13-14(23(21,22)19-10-6-3-7-11-19)12-15(17)16(20)18-8-4-2-5-9-18/h12-13H,2-11H2,1H3. The van der Waals surface area contributed by atoms with Crippen molar-refractivity contribution in [3.8, 4) is 0 Å². The first-order valence-electron chi connectivity index (χ1n) is 8.46. The van der Waals surface area contributed by atoms with Gasteiger partial charge in [0.25, 0.3) is 5.91 Å². The first-order valence-corrected chi connectivity index (χ1v) is 9.90. The van der Waals surface area contributed by atoms with Gasteiger partial charge in [-0.05, 0) is 38.2 Å². The van der Waals surface area contributed by atoms with E-state index in [4.69, 9.17) is 0 Å². The topological polar surface area (TPSA) is 62.6 Å². The molecule has 2 fully saturated rings. The molecular formula is C16H25N3O3S. The molecule has 3 heterocycles. The van der Waals surface area contributed by atoms with Crippen LogP contribution in [0.15, 0.2) is 17.2 Å². The van der Waals surface area contributed by atoms with Gasteiger partial charge in [0.1, 0.15) is 10.6 Å². The van der Waals surface area contributed by atoms with E-state index in [9.17, 15) is 13.2 Å². The van der Waals surface area contributed by atoms with E-state index in [1.54, 1.807) is 28.2 Å². The fourth-order valence-electron chi connectivity index (χ4n) is 3.40. The van der Waals surface area contributed by atoms with Crippen molar-refractivity contribution >= 4 is 15.9 Å². The highest BCUT2D eigenvalue weighted by molar-refractivity contribution is 7.89. The molecule has 1 amide bonds. The van der Waals surface area contributed by atoms with Gasteiger partial charge < -0.3 is 9.47 Å². The Hall–Kier alpha value is -1.34. The summed E-state index contributed by atoms with van der Waals surface area (Å²) in [6.07, 6.45) is 7.67. The maximum absolute atomic E-state index is 12.7. The minimum absolute atomic E-state index is 0.0627. The van der Waals surface area contributed by atoms with E-state index in [1.807, 2.05) is 4.90 Å². The van der Waals surface area contributed by atoms with Gasteiger partial charge in [0, 0.05) is 39.4 Å². The second-order valence-corrected chi connectivity index (χ2v) is 8.43. The van der Waals surface area contributed by atoms with Gasteiger partial charge in [0.05, 0.1) is 0 Å². The number of sulfonamides is 1. The Morgan fingerprint density at radius 3 is 2.13 bits per heavy atom. The van der Waals surface area contributed by atoms with E-state index in [-0.39, 0.29) is 10.8 Å². The van der Waals surface area contributed by atoms with Gasteiger partial charge in [-0.15, -0.1) is 0 Å². The second-order valence-electron chi connectivity index (χ2n) is 6.49. The summed E-state index contributed by atoms with van der Waals surface area (Å²) in [6.45, 7) is 2.68. The normalized spacial score (nSPS) is 20.7. The van der Waals surface area contributed by atoms with Crippen LogP contribution in [-0.4, -0.2) is 54.3 Å². The highest BCUT2D eigenvalue weighted by atomic mass is 32.2. The van der Waals surface area contributed by atoms with Crippen LogP contribution in [0.4, 0.5) is 0 Å². The number of hydrogen-bond acceptors (Lipinski definition) is 3. The molecule has 2 aliphatic heterocycles. The quantitative estimate of drug-likeness (QED) is 0.844. The Kier molecular flexibility index (Phi) is 4.77. The minimum atomic E-state index is -3.49. The Labute approximate surface area is 138 Å². The van der Waals surface area contributed by atoms with Crippen molar-refractivity contribution in [2.45, 2.75) is 43.4 Å². The Morgan fingerprint density at radius 2 is 1.52 bits per heavy atom. The summed E-state index contributed by atoms with van der Waals surface area (Å²) in [5.41, 5.74) is 0.461. The molecule has 0 aliphatic carbocycles. The van der Waals surface area contributed by atoms with Gasteiger partial charge in [-0.1, -0.05) is 6.42 Å². The monoisotopic (exact) mass is 339 g/mol. The number of nitrogens with zero attached hydrogens (tertiary/aromatic N) is 3. The summed E-state index contributed by atoms with van der Waals surface area (Å²) in [4.78, 5) is 14.7. The smallest absolute Gasteiger partial charge is 0.270 e. The van der Waals surface area contributed by atoms with Crippen molar-refractivity contribution in [3.05, 3.63) is 18.0 Å². The predicted molar refractivity (Wildman–Crippen MR) is 87.8 cm³/mol. The lowest BCUT2D eigenvalue weighted by Gasteiger charge is -2.26. The van der Waals surface area contributed by atoms with E-state index in [2.05, 4.69) is 0 Å². The number of piperidine rings is 2. The third-order valence-corrected chi connectivity index (χ3v) is 6.66. The summed E-state index contributed by atoms with van der Waals surface area (Å²) >= 11 is 0. The third kappa shape index (κ3) is 3.30. The lowest BCUT2D eigenvalue weighted by atomic mass is 10.1. The fourth-order valence-corrected chi connectivity index (χ4v) is 4.99.